The predicted molar refractivity (Wildman–Crippen MR) is 74.3 cm³/mol. The van der Waals surface area contributed by atoms with E-state index in [-0.39, 0.29) is 5.41 Å². The second-order valence-corrected chi connectivity index (χ2v) is 5.57. The van der Waals surface area contributed by atoms with Crippen molar-refractivity contribution < 1.29 is 9.47 Å². The van der Waals surface area contributed by atoms with Crippen molar-refractivity contribution in [3.63, 3.8) is 0 Å². The summed E-state index contributed by atoms with van der Waals surface area (Å²) in [5, 5.41) is 0. The molecule has 0 spiro atoms. The molecule has 0 unspecified atom stereocenters. The number of rotatable bonds is 9. The lowest BCUT2D eigenvalue weighted by atomic mass is 9.78. The summed E-state index contributed by atoms with van der Waals surface area (Å²) in [5.74, 6) is 0.663. The highest BCUT2D eigenvalue weighted by Gasteiger charge is 2.30. The molecule has 0 aromatic carbocycles. The van der Waals surface area contributed by atoms with Crippen LogP contribution in [0.15, 0.2) is 11.6 Å². The topological polar surface area (TPSA) is 18.5 Å². The zero-order valence-electron chi connectivity index (χ0n) is 12.5. The second kappa shape index (κ2) is 8.71. The normalized spacial score (nSPS) is 13.5. The SMILES string of the molecule is CC/C(C)=C/CC(COC)(COC)CC(C)C. The first kappa shape index (κ1) is 16.7. The zero-order chi connectivity index (χ0) is 13.3. The van der Waals surface area contributed by atoms with Gasteiger partial charge in [0, 0.05) is 19.6 Å². The third-order valence-corrected chi connectivity index (χ3v) is 3.18. The van der Waals surface area contributed by atoms with E-state index in [4.69, 9.17) is 9.47 Å². The summed E-state index contributed by atoms with van der Waals surface area (Å²) in [6.07, 6.45) is 5.66. The molecule has 0 aliphatic carbocycles. The summed E-state index contributed by atoms with van der Waals surface area (Å²) in [5.41, 5.74) is 1.58. The number of methoxy groups -OCH3 is 2. The van der Waals surface area contributed by atoms with E-state index in [1.807, 2.05) is 0 Å². The van der Waals surface area contributed by atoms with Crippen LogP contribution < -0.4 is 0 Å². The maximum atomic E-state index is 5.42. The van der Waals surface area contributed by atoms with Crippen molar-refractivity contribution in [2.75, 3.05) is 27.4 Å². The van der Waals surface area contributed by atoms with Gasteiger partial charge < -0.3 is 9.47 Å². The van der Waals surface area contributed by atoms with Gasteiger partial charge in [0.15, 0.2) is 0 Å². The van der Waals surface area contributed by atoms with Gasteiger partial charge in [-0.2, -0.15) is 0 Å². The summed E-state index contributed by atoms with van der Waals surface area (Å²) in [4.78, 5) is 0. The summed E-state index contributed by atoms with van der Waals surface area (Å²) in [6.45, 7) is 10.5. The molecular weight excluding hydrogens is 212 g/mol. The number of hydrogen-bond donors (Lipinski definition) is 0. The van der Waals surface area contributed by atoms with Gasteiger partial charge in [-0.15, -0.1) is 0 Å². The van der Waals surface area contributed by atoms with E-state index >= 15 is 0 Å². The molecule has 0 aromatic heterocycles. The molecule has 0 heterocycles. The predicted octanol–water partition coefficient (Wildman–Crippen LogP) is 4.06. The number of hydrogen-bond acceptors (Lipinski definition) is 2. The fraction of sp³-hybridized carbons (Fsp3) is 0.867. The van der Waals surface area contributed by atoms with Crippen LogP contribution in [0.1, 0.15) is 47.0 Å². The summed E-state index contributed by atoms with van der Waals surface area (Å²) in [7, 11) is 3.56. The van der Waals surface area contributed by atoms with Crippen molar-refractivity contribution in [2.24, 2.45) is 11.3 Å². The van der Waals surface area contributed by atoms with Crippen LogP contribution in [-0.2, 0) is 9.47 Å². The van der Waals surface area contributed by atoms with Crippen LogP contribution in [-0.4, -0.2) is 27.4 Å². The van der Waals surface area contributed by atoms with Crippen LogP contribution in [0.5, 0.6) is 0 Å². The summed E-state index contributed by atoms with van der Waals surface area (Å²) in [6, 6.07) is 0. The Labute approximate surface area is 107 Å². The largest absolute Gasteiger partial charge is 0.384 e. The first-order valence-corrected chi connectivity index (χ1v) is 6.63. The number of ether oxygens (including phenoxy) is 2. The Morgan fingerprint density at radius 2 is 1.71 bits per heavy atom. The van der Waals surface area contributed by atoms with E-state index in [9.17, 15) is 0 Å². The number of allylic oxidation sites excluding steroid dienone is 2. The summed E-state index contributed by atoms with van der Waals surface area (Å²) < 4.78 is 10.8. The lowest BCUT2D eigenvalue weighted by Crippen LogP contribution is -2.33. The molecule has 0 radical (unpaired) electrons. The molecule has 0 aromatic rings. The van der Waals surface area contributed by atoms with Crippen molar-refractivity contribution in [3.05, 3.63) is 11.6 Å². The first-order valence-electron chi connectivity index (χ1n) is 6.63. The third kappa shape index (κ3) is 6.85. The van der Waals surface area contributed by atoms with Crippen LogP contribution in [0.4, 0.5) is 0 Å². The van der Waals surface area contributed by atoms with Gasteiger partial charge >= 0.3 is 0 Å². The van der Waals surface area contributed by atoms with Gasteiger partial charge in [0.05, 0.1) is 13.2 Å². The molecular formula is C15H30O2. The maximum absolute atomic E-state index is 5.42. The Bertz CT molecular complexity index is 213. The van der Waals surface area contributed by atoms with Crippen LogP contribution in [0, 0.1) is 11.3 Å². The molecule has 102 valence electrons. The van der Waals surface area contributed by atoms with Gasteiger partial charge in [0.25, 0.3) is 0 Å². The molecule has 0 saturated carbocycles. The third-order valence-electron chi connectivity index (χ3n) is 3.18. The highest BCUT2D eigenvalue weighted by Crippen LogP contribution is 2.32. The van der Waals surface area contributed by atoms with Gasteiger partial charge in [-0.1, -0.05) is 32.4 Å². The molecule has 0 bridgehead atoms. The molecule has 0 aliphatic heterocycles. The van der Waals surface area contributed by atoms with Gasteiger partial charge in [-0.25, -0.2) is 0 Å². The molecule has 2 heteroatoms. The van der Waals surface area contributed by atoms with Gasteiger partial charge in [-0.3, -0.25) is 0 Å². The Hall–Kier alpha value is -0.340. The monoisotopic (exact) mass is 242 g/mol. The van der Waals surface area contributed by atoms with Crippen LogP contribution in [0.2, 0.25) is 0 Å². The lowest BCUT2D eigenvalue weighted by molar-refractivity contribution is -0.00150. The van der Waals surface area contributed by atoms with E-state index in [1.54, 1.807) is 14.2 Å². The fourth-order valence-electron chi connectivity index (χ4n) is 2.37. The Balaban J connectivity index is 4.75. The fourth-order valence-corrected chi connectivity index (χ4v) is 2.37. The van der Waals surface area contributed by atoms with E-state index < -0.39 is 0 Å². The van der Waals surface area contributed by atoms with Crippen molar-refractivity contribution in [1.29, 1.82) is 0 Å². The Kier molecular flexibility index (Phi) is 8.53. The van der Waals surface area contributed by atoms with E-state index in [0.717, 1.165) is 32.5 Å². The lowest BCUT2D eigenvalue weighted by Gasteiger charge is -2.33. The van der Waals surface area contributed by atoms with Crippen LogP contribution in [0.3, 0.4) is 0 Å². The highest BCUT2D eigenvalue weighted by atomic mass is 16.5. The minimum absolute atomic E-state index is 0.133. The van der Waals surface area contributed by atoms with Crippen LogP contribution >= 0.6 is 0 Å². The molecule has 0 rings (SSSR count). The average Bonchev–Trinajstić information content (AvgIpc) is 2.25. The minimum Gasteiger partial charge on any atom is -0.384 e. The molecule has 0 N–H and O–H groups in total. The van der Waals surface area contributed by atoms with Crippen molar-refractivity contribution >= 4 is 0 Å². The Morgan fingerprint density at radius 3 is 2.06 bits per heavy atom. The molecule has 0 saturated heterocycles. The first-order chi connectivity index (χ1) is 7.99. The van der Waals surface area contributed by atoms with E-state index in [0.29, 0.717) is 5.92 Å². The maximum Gasteiger partial charge on any atom is 0.0543 e. The zero-order valence-corrected chi connectivity index (χ0v) is 12.5. The van der Waals surface area contributed by atoms with E-state index in [1.165, 1.54) is 5.57 Å². The van der Waals surface area contributed by atoms with Gasteiger partial charge in [0.2, 0.25) is 0 Å². The van der Waals surface area contributed by atoms with Gasteiger partial charge in [0.1, 0.15) is 0 Å². The molecule has 17 heavy (non-hydrogen) atoms. The molecule has 0 fully saturated rings. The Morgan fingerprint density at radius 1 is 1.18 bits per heavy atom. The standard InChI is InChI=1S/C15H30O2/c1-7-14(4)8-9-15(11-16-5,12-17-6)10-13(2)3/h8,13H,7,9-12H2,1-6H3/b14-8+. The van der Waals surface area contributed by atoms with E-state index in [2.05, 4.69) is 33.8 Å². The summed E-state index contributed by atoms with van der Waals surface area (Å²) >= 11 is 0. The average molecular weight is 242 g/mol. The molecule has 0 aliphatic rings. The second-order valence-electron chi connectivity index (χ2n) is 5.57. The van der Waals surface area contributed by atoms with Crippen molar-refractivity contribution in [3.8, 4) is 0 Å². The molecule has 0 atom stereocenters. The smallest absolute Gasteiger partial charge is 0.0543 e. The highest BCUT2D eigenvalue weighted by molar-refractivity contribution is 5.00. The van der Waals surface area contributed by atoms with Crippen LogP contribution in [0.25, 0.3) is 0 Å². The quantitative estimate of drug-likeness (QED) is 0.568. The van der Waals surface area contributed by atoms with Crippen molar-refractivity contribution in [1.82, 2.24) is 0 Å². The molecule has 0 amide bonds. The minimum atomic E-state index is 0.133. The van der Waals surface area contributed by atoms with Crippen molar-refractivity contribution in [2.45, 2.75) is 47.0 Å². The molecule has 2 nitrogen and oxygen atoms in total. The van der Waals surface area contributed by atoms with Gasteiger partial charge in [-0.05, 0) is 32.1 Å².